The van der Waals surface area contributed by atoms with E-state index in [0.717, 1.165) is 25.7 Å². The molecule has 2 aromatic rings. The molecule has 0 spiro atoms. The highest BCUT2D eigenvalue weighted by atomic mass is 14.8. The molecule has 90 valence electrons. The van der Waals surface area contributed by atoms with Gasteiger partial charge in [-0.3, -0.25) is 4.99 Å². The molecule has 0 N–H and O–H groups in total. The van der Waals surface area contributed by atoms with Gasteiger partial charge in [-0.05, 0) is 42.9 Å². The van der Waals surface area contributed by atoms with E-state index in [1.165, 1.54) is 22.5 Å². The average Bonchev–Trinajstić information content (AvgIpc) is 2.46. The number of benzene rings is 2. The number of hydrogen-bond acceptors (Lipinski definition) is 1. The zero-order valence-electron chi connectivity index (χ0n) is 10.5. The van der Waals surface area contributed by atoms with Gasteiger partial charge in [0, 0.05) is 5.71 Å². The smallest absolute Gasteiger partial charge is 0.0661 e. The first-order chi connectivity index (χ1) is 8.92. The summed E-state index contributed by atoms with van der Waals surface area (Å²) in [6, 6.07) is 19.1. The summed E-state index contributed by atoms with van der Waals surface area (Å²) in [5, 5.41) is 0. The van der Waals surface area contributed by atoms with E-state index in [9.17, 15) is 0 Å². The van der Waals surface area contributed by atoms with Crippen LogP contribution in [0.5, 0.6) is 0 Å². The Hall–Kier alpha value is -1.89. The maximum atomic E-state index is 4.78. The van der Waals surface area contributed by atoms with Crippen LogP contribution in [0.4, 0.5) is 5.69 Å². The Morgan fingerprint density at radius 1 is 0.778 bits per heavy atom. The van der Waals surface area contributed by atoms with Gasteiger partial charge in [0.25, 0.3) is 0 Å². The van der Waals surface area contributed by atoms with Gasteiger partial charge in [0.2, 0.25) is 0 Å². The Morgan fingerprint density at radius 3 is 2.44 bits per heavy atom. The maximum Gasteiger partial charge on any atom is 0.0661 e. The quantitative estimate of drug-likeness (QED) is 0.750. The number of rotatable bonds is 3. The minimum Gasteiger partial charge on any atom is -0.258 e. The predicted octanol–water partition coefficient (Wildman–Crippen LogP) is 4.34. The molecular weight excluding hydrogens is 218 g/mol. The Morgan fingerprint density at radius 2 is 1.56 bits per heavy atom. The van der Waals surface area contributed by atoms with Crippen LogP contribution < -0.4 is 0 Å². The normalized spacial score (nSPS) is 13.9. The standard InChI is InChI=1S/C17H17N/c1-2-6-14(7-3-1)10-12-16-13-11-15-8-4-5-9-17(15)18-16/h1-9H,10-13H2. The molecule has 1 heteroatoms. The molecule has 0 bridgehead atoms. The van der Waals surface area contributed by atoms with Gasteiger partial charge in [-0.15, -0.1) is 0 Å². The van der Waals surface area contributed by atoms with Crippen LogP contribution in [0.2, 0.25) is 0 Å². The van der Waals surface area contributed by atoms with Gasteiger partial charge in [-0.25, -0.2) is 0 Å². The molecule has 0 unspecified atom stereocenters. The Bertz CT molecular complexity index is 555. The molecular formula is C17H17N. The van der Waals surface area contributed by atoms with Crippen LogP contribution in [0.15, 0.2) is 59.6 Å². The van der Waals surface area contributed by atoms with E-state index in [1.807, 2.05) is 0 Å². The monoisotopic (exact) mass is 235 g/mol. The molecule has 0 saturated carbocycles. The van der Waals surface area contributed by atoms with Gasteiger partial charge in [-0.1, -0.05) is 48.5 Å². The Labute approximate surface area is 108 Å². The topological polar surface area (TPSA) is 12.4 Å². The van der Waals surface area contributed by atoms with Crippen LogP contribution in [-0.4, -0.2) is 5.71 Å². The van der Waals surface area contributed by atoms with E-state index >= 15 is 0 Å². The molecule has 18 heavy (non-hydrogen) atoms. The fraction of sp³-hybridized carbons (Fsp3) is 0.235. The zero-order valence-corrected chi connectivity index (χ0v) is 10.5. The minimum atomic E-state index is 1.08. The van der Waals surface area contributed by atoms with Crippen molar-refractivity contribution in [3.8, 4) is 0 Å². The van der Waals surface area contributed by atoms with Crippen molar-refractivity contribution >= 4 is 11.4 Å². The highest BCUT2D eigenvalue weighted by molar-refractivity contribution is 5.89. The maximum absolute atomic E-state index is 4.78. The zero-order chi connectivity index (χ0) is 12.2. The number of hydrogen-bond donors (Lipinski definition) is 0. The summed E-state index contributed by atoms with van der Waals surface area (Å²) in [5.41, 5.74) is 5.31. The summed E-state index contributed by atoms with van der Waals surface area (Å²) in [4.78, 5) is 4.78. The SMILES string of the molecule is c1ccc(CCC2=Nc3ccccc3CC2)cc1. The van der Waals surface area contributed by atoms with E-state index in [4.69, 9.17) is 4.99 Å². The van der Waals surface area contributed by atoms with Crippen LogP contribution >= 0.6 is 0 Å². The first-order valence-electron chi connectivity index (χ1n) is 6.60. The third-order valence-corrected chi connectivity index (χ3v) is 3.50. The summed E-state index contributed by atoms with van der Waals surface area (Å²) in [5.74, 6) is 0. The van der Waals surface area contributed by atoms with Gasteiger partial charge in [0.05, 0.1) is 5.69 Å². The van der Waals surface area contributed by atoms with Crippen molar-refractivity contribution in [1.82, 2.24) is 0 Å². The molecule has 2 aromatic carbocycles. The molecule has 0 aromatic heterocycles. The minimum absolute atomic E-state index is 1.08. The first kappa shape index (κ1) is 11.2. The van der Waals surface area contributed by atoms with E-state index in [1.54, 1.807) is 0 Å². The van der Waals surface area contributed by atoms with Gasteiger partial charge >= 0.3 is 0 Å². The summed E-state index contributed by atoms with van der Waals surface area (Å²) in [6.45, 7) is 0. The second kappa shape index (κ2) is 5.18. The number of aryl methyl sites for hydroxylation is 2. The highest BCUT2D eigenvalue weighted by Crippen LogP contribution is 2.26. The largest absolute Gasteiger partial charge is 0.258 e. The van der Waals surface area contributed by atoms with Crippen LogP contribution in [0.1, 0.15) is 24.0 Å². The van der Waals surface area contributed by atoms with Crippen molar-refractivity contribution in [1.29, 1.82) is 0 Å². The Balaban J connectivity index is 1.70. The van der Waals surface area contributed by atoms with Crippen molar-refractivity contribution in [2.45, 2.75) is 25.7 Å². The second-order valence-electron chi connectivity index (χ2n) is 4.79. The molecule has 1 nitrogen and oxygen atoms in total. The fourth-order valence-corrected chi connectivity index (χ4v) is 2.45. The first-order valence-corrected chi connectivity index (χ1v) is 6.60. The van der Waals surface area contributed by atoms with Gasteiger partial charge in [0.1, 0.15) is 0 Å². The lowest BCUT2D eigenvalue weighted by Crippen LogP contribution is -2.07. The number of nitrogens with zero attached hydrogens (tertiary/aromatic N) is 1. The second-order valence-corrected chi connectivity index (χ2v) is 4.79. The van der Waals surface area contributed by atoms with Crippen molar-refractivity contribution in [2.24, 2.45) is 4.99 Å². The summed E-state index contributed by atoms with van der Waals surface area (Å²) >= 11 is 0. The van der Waals surface area contributed by atoms with Crippen molar-refractivity contribution in [3.05, 3.63) is 65.7 Å². The van der Waals surface area contributed by atoms with Crippen LogP contribution in [0, 0.1) is 0 Å². The Kier molecular flexibility index (Phi) is 3.22. The number of para-hydroxylation sites is 1. The van der Waals surface area contributed by atoms with Crippen molar-refractivity contribution in [3.63, 3.8) is 0 Å². The lowest BCUT2D eigenvalue weighted by molar-refractivity contribution is 0.934. The predicted molar refractivity (Wildman–Crippen MR) is 76.6 cm³/mol. The van der Waals surface area contributed by atoms with E-state index < -0.39 is 0 Å². The third-order valence-electron chi connectivity index (χ3n) is 3.50. The average molecular weight is 235 g/mol. The third kappa shape index (κ3) is 2.51. The lowest BCUT2D eigenvalue weighted by atomic mass is 9.98. The van der Waals surface area contributed by atoms with E-state index in [0.29, 0.717) is 0 Å². The molecule has 0 fully saturated rings. The lowest BCUT2D eigenvalue weighted by Gasteiger charge is -2.15. The van der Waals surface area contributed by atoms with Crippen molar-refractivity contribution in [2.75, 3.05) is 0 Å². The number of aliphatic imine (C=N–C) groups is 1. The summed E-state index contributed by atoms with van der Waals surface area (Å²) in [7, 11) is 0. The van der Waals surface area contributed by atoms with Crippen LogP contribution in [0.3, 0.4) is 0 Å². The molecule has 0 saturated heterocycles. The molecule has 0 radical (unpaired) electrons. The van der Waals surface area contributed by atoms with Crippen molar-refractivity contribution < 1.29 is 0 Å². The fourth-order valence-electron chi connectivity index (χ4n) is 2.45. The molecule has 0 atom stereocenters. The van der Waals surface area contributed by atoms with Crippen LogP contribution in [0.25, 0.3) is 0 Å². The summed E-state index contributed by atoms with van der Waals surface area (Å²) < 4.78 is 0. The molecule has 3 rings (SSSR count). The van der Waals surface area contributed by atoms with Gasteiger partial charge in [0.15, 0.2) is 0 Å². The van der Waals surface area contributed by atoms with E-state index in [2.05, 4.69) is 54.6 Å². The molecule has 1 aliphatic heterocycles. The molecule has 0 amide bonds. The number of fused-ring (bicyclic) bond motifs is 1. The molecule has 0 aliphatic carbocycles. The summed E-state index contributed by atoms with van der Waals surface area (Å²) in [6.07, 6.45) is 4.44. The molecule has 1 heterocycles. The highest BCUT2D eigenvalue weighted by Gasteiger charge is 2.10. The molecule has 1 aliphatic rings. The van der Waals surface area contributed by atoms with E-state index in [-0.39, 0.29) is 0 Å². The van der Waals surface area contributed by atoms with Gasteiger partial charge in [-0.2, -0.15) is 0 Å². The van der Waals surface area contributed by atoms with Crippen LogP contribution in [-0.2, 0) is 12.8 Å². The van der Waals surface area contributed by atoms with Gasteiger partial charge < -0.3 is 0 Å².